The molecule has 0 spiro atoms. The second-order valence-electron chi connectivity index (χ2n) is 3.86. The lowest BCUT2D eigenvalue weighted by molar-refractivity contribution is 0.268. The number of rotatable bonds is 4. The van der Waals surface area contributed by atoms with Gasteiger partial charge in [0.15, 0.2) is 0 Å². The molecule has 0 atom stereocenters. The Kier molecular flexibility index (Phi) is 3.51. The molecule has 17 heavy (non-hydrogen) atoms. The Morgan fingerprint density at radius 2 is 1.88 bits per heavy atom. The van der Waals surface area contributed by atoms with E-state index in [2.05, 4.69) is 10.3 Å². The van der Waals surface area contributed by atoms with E-state index in [9.17, 15) is 5.11 Å². The smallest absolute Gasteiger partial charge is 0.116 e. The average Bonchev–Trinajstić information content (AvgIpc) is 2.74. The van der Waals surface area contributed by atoms with E-state index in [4.69, 9.17) is 5.11 Å². The number of benzene rings is 1. The molecule has 5 heteroatoms. The predicted molar refractivity (Wildman–Crippen MR) is 63.2 cm³/mol. The third-order valence-corrected chi connectivity index (χ3v) is 2.59. The molecule has 1 heterocycles. The molecule has 0 amide bonds. The van der Waals surface area contributed by atoms with E-state index < -0.39 is 0 Å². The molecular weight excluding hydrogens is 218 g/mol. The predicted octanol–water partition coefficient (Wildman–Crippen LogP) is 0.738. The van der Waals surface area contributed by atoms with Crippen molar-refractivity contribution in [3.8, 4) is 11.3 Å². The molecule has 0 aliphatic rings. The van der Waals surface area contributed by atoms with Crippen molar-refractivity contribution in [1.29, 1.82) is 0 Å². The van der Waals surface area contributed by atoms with Crippen molar-refractivity contribution < 1.29 is 10.2 Å². The van der Waals surface area contributed by atoms with Crippen LogP contribution in [0.4, 0.5) is 0 Å². The molecule has 0 saturated heterocycles. The van der Waals surface area contributed by atoms with Gasteiger partial charge >= 0.3 is 0 Å². The van der Waals surface area contributed by atoms with Crippen LogP contribution < -0.4 is 0 Å². The minimum atomic E-state index is -0.158. The van der Waals surface area contributed by atoms with Crippen molar-refractivity contribution in [3.63, 3.8) is 0 Å². The largest absolute Gasteiger partial charge is 0.394 e. The zero-order valence-electron chi connectivity index (χ0n) is 9.67. The number of hydrogen-bond acceptors (Lipinski definition) is 4. The fourth-order valence-corrected chi connectivity index (χ4v) is 1.73. The summed E-state index contributed by atoms with van der Waals surface area (Å²) in [6.07, 6.45) is 0. The molecule has 0 fully saturated rings. The van der Waals surface area contributed by atoms with E-state index in [-0.39, 0.29) is 13.2 Å². The summed E-state index contributed by atoms with van der Waals surface area (Å²) in [7, 11) is 0. The van der Waals surface area contributed by atoms with Gasteiger partial charge < -0.3 is 10.2 Å². The highest BCUT2D eigenvalue weighted by Crippen LogP contribution is 2.22. The lowest BCUT2D eigenvalue weighted by Crippen LogP contribution is -2.06. The quantitative estimate of drug-likeness (QED) is 0.817. The van der Waals surface area contributed by atoms with Crippen LogP contribution in [-0.4, -0.2) is 31.8 Å². The maximum absolute atomic E-state index is 9.24. The molecule has 0 aliphatic carbocycles. The maximum atomic E-state index is 9.24. The molecular formula is C12H15N3O2. The molecule has 1 aromatic carbocycles. The van der Waals surface area contributed by atoms with Gasteiger partial charge in [0, 0.05) is 5.56 Å². The number of nitrogens with zero attached hydrogens (tertiary/aromatic N) is 3. The third-order valence-electron chi connectivity index (χ3n) is 2.59. The summed E-state index contributed by atoms with van der Waals surface area (Å²) in [6.45, 7) is 2.22. The molecule has 0 unspecified atom stereocenters. The van der Waals surface area contributed by atoms with Gasteiger partial charge in [-0.15, -0.1) is 5.10 Å². The monoisotopic (exact) mass is 233 g/mol. The molecule has 0 aliphatic heterocycles. The summed E-state index contributed by atoms with van der Waals surface area (Å²) >= 11 is 0. The first-order chi connectivity index (χ1) is 8.26. The van der Waals surface area contributed by atoms with Gasteiger partial charge in [0.05, 0.1) is 25.5 Å². The second kappa shape index (κ2) is 5.07. The number of aliphatic hydroxyl groups excluding tert-OH is 2. The Morgan fingerprint density at radius 3 is 2.47 bits per heavy atom. The molecule has 2 N–H and O–H groups in total. The van der Waals surface area contributed by atoms with Gasteiger partial charge in [0.1, 0.15) is 5.69 Å². The molecule has 90 valence electrons. The second-order valence-corrected chi connectivity index (χ2v) is 3.86. The Balaban J connectivity index is 2.47. The highest BCUT2D eigenvalue weighted by atomic mass is 16.3. The number of aliphatic hydroxyl groups is 2. The summed E-state index contributed by atoms with van der Waals surface area (Å²) in [5.74, 6) is 0. The number of aryl methyl sites for hydroxylation is 1. The van der Waals surface area contributed by atoms with Crippen LogP contribution in [-0.2, 0) is 13.2 Å². The normalized spacial score (nSPS) is 10.8. The van der Waals surface area contributed by atoms with Crippen molar-refractivity contribution in [2.45, 2.75) is 20.1 Å². The van der Waals surface area contributed by atoms with Gasteiger partial charge in [-0.2, -0.15) is 0 Å². The Morgan fingerprint density at radius 1 is 1.18 bits per heavy atom. The van der Waals surface area contributed by atoms with Gasteiger partial charge in [0.2, 0.25) is 0 Å². The summed E-state index contributed by atoms with van der Waals surface area (Å²) < 4.78 is 1.61. The minimum absolute atomic E-state index is 0.00686. The maximum Gasteiger partial charge on any atom is 0.116 e. The summed E-state index contributed by atoms with van der Waals surface area (Å²) in [4.78, 5) is 0. The molecule has 0 bridgehead atoms. The Hall–Kier alpha value is -1.72. The van der Waals surface area contributed by atoms with Crippen LogP contribution in [0, 0.1) is 6.92 Å². The number of hydrogen-bond donors (Lipinski definition) is 2. The zero-order valence-corrected chi connectivity index (χ0v) is 9.67. The fourth-order valence-electron chi connectivity index (χ4n) is 1.73. The molecule has 1 aromatic heterocycles. The van der Waals surface area contributed by atoms with Crippen molar-refractivity contribution in [1.82, 2.24) is 15.0 Å². The SMILES string of the molecule is Cc1ccc(-c2c(CO)nnn2CCO)cc1. The molecule has 2 aromatic rings. The van der Waals surface area contributed by atoms with E-state index in [1.165, 1.54) is 5.56 Å². The highest BCUT2D eigenvalue weighted by Gasteiger charge is 2.13. The number of aromatic nitrogens is 3. The van der Waals surface area contributed by atoms with Gasteiger partial charge in [0.25, 0.3) is 0 Å². The zero-order chi connectivity index (χ0) is 12.3. The van der Waals surface area contributed by atoms with Crippen LogP contribution in [0.25, 0.3) is 11.3 Å². The van der Waals surface area contributed by atoms with Crippen LogP contribution in [0.2, 0.25) is 0 Å². The van der Waals surface area contributed by atoms with E-state index in [1.807, 2.05) is 31.2 Å². The lowest BCUT2D eigenvalue weighted by Gasteiger charge is -2.06. The van der Waals surface area contributed by atoms with Gasteiger partial charge in [-0.1, -0.05) is 35.0 Å². The van der Waals surface area contributed by atoms with Crippen molar-refractivity contribution in [2.75, 3.05) is 6.61 Å². The fraction of sp³-hybridized carbons (Fsp3) is 0.333. The van der Waals surface area contributed by atoms with Crippen LogP contribution in [0.1, 0.15) is 11.3 Å². The first-order valence-electron chi connectivity index (χ1n) is 5.47. The lowest BCUT2D eigenvalue weighted by atomic mass is 10.1. The van der Waals surface area contributed by atoms with Gasteiger partial charge in [-0.25, -0.2) is 4.68 Å². The highest BCUT2D eigenvalue weighted by molar-refractivity contribution is 5.62. The molecule has 2 rings (SSSR count). The van der Waals surface area contributed by atoms with E-state index >= 15 is 0 Å². The van der Waals surface area contributed by atoms with Crippen LogP contribution in [0.5, 0.6) is 0 Å². The Labute approximate surface area is 99.3 Å². The third kappa shape index (κ3) is 2.35. The van der Waals surface area contributed by atoms with Gasteiger partial charge in [-0.05, 0) is 6.92 Å². The topological polar surface area (TPSA) is 71.2 Å². The standard InChI is InChI=1S/C12H15N3O2/c1-9-2-4-10(5-3-9)12-11(8-17)13-14-15(12)6-7-16/h2-5,16-17H,6-8H2,1H3. The average molecular weight is 233 g/mol. The first-order valence-corrected chi connectivity index (χ1v) is 5.47. The van der Waals surface area contributed by atoms with Crippen molar-refractivity contribution >= 4 is 0 Å². The van der Waals surface area contributed by atoms with Crippen LogP contribution in [0.15, 0.2) is 24.3 Å². The van der Waals surface area contributed by atoms with E-state index in [1.54, 1.807) is 4.68 Å². The minimum Gasteiger partial charge on any atom is -0.394 e. The van der Waals surface area contributed by atoms with Crippen LogP contribution in [0.3, 0.4) is 0 Å². The summed E-state index contributed by atoms with van der Waals surface area (Å²) in [6, 6.07) is 7.90. The summed E-state index contributed by atoms with van der Waals surface area (Å²) in [5.41, 5.74) is 3.41. The van der Waals surface area contributed by atoms with E-state index in [0.29, 0.717) is 12.2 Å². The van der Waals surface area contributed by atoms with Crippen molar-refractivity contribution in [2.24, 2.45) is 0 Å². The Bertz CT molecular complexity index is 491. The molecule has 5 nitrogen and oxygen atoms in total. The van der Waals surface area contributed by atoms with E-state index in [0.717, 1.165) is 11.3 Å². The van der Waals surface area contributed by atoms with Crippen LogP contribution >= 0.6 is 0 Å². The van der Waals surface area contributed by atoms with Gasteiger partial charge in [-0.3, -0.25) is 0 Å². The summed E-state index contributed by atoms with van der Waals surface area (Å²) in [5, 5.41) is 26.0. The first kappa shape index (κ1) is 11.8. The van der Waals surface area contributed by atoms with Crippen molar-refractivity contribution in [3.05, 3.63) is 35.5 Å². The molecule has 0 radical (unpaired) electrons. The molecule has 0 saturated carbocycles.